The normalized spacial score (nSPS) is 16.8. The van der Waals surface area contributed by atoms with E-state index in [1.165, 1.54) is 4.90 Å². The minimum atomic E-state index is -1.23. The summed E-state index contributed by atoms with van der Waals surface area (Å²) in [5.74, 6) is 1.03. The minimum Gasteiger partial charge on any atom is -0.598 e. The SMILES string of the molecule is CCSc1ccc([C@](C)(CO)N[S+]([O-])C(C)(C)C)cc1. The maximum absolute atomic E-state index is 12.3. The Morgan fingerprint density at radius 2 is 1.75 bits per heavy atom. The number of nitrogens with one attached hydrogen (secondary N) is 1. The van der Waals surface area contributed by atoms with E-state index in [4.69, 9.17) is 0 Å². The molecule has 1 rings (SSSR count). The summed E-state index contributed by atoms with van der Waals surface area (Å²) in [5.41, 5.74) is 0.242. The summed E-state index contributed by atoms with van der Waals surface area (Å²) in [6.45, 7) is 9.62. The Hall–Kier alpha value is -0.200. The van der Waals surface area contributed by atoms with E-state index < -0.39 is 16.9 Å². The number of rotatable bonds is 6. The van der Waals surface area contributed by atoms with E-state index in [0.29, 0.717) is 0 Å². The van der Waals surface area contributed by atoms with Crippen molar-refractivity contribution in [2.24, 2.45) is 0 Å². The average molecular weight is 316 g/mol. The highest BCUT2D eigenvalue weighted by Crippen LogP contribution is 2.27. The fourth-order valence-corrected chi connectivity index (χ4v) is 3.19. The summed E-state index contributed by atoms with van der Waals surface area (Å²) in [5, 5.41) is 9.72. The van der Waals surface area contributed by atoms with Gasteiger partial charge in [-0.25, -0.2) is 0 Å². The van der Waals surface area contributed by atoms with Crippen LogP contribution in [0.3, 0.4) is 0 Å². The van der Waals surface area contributed by atoms with Gasteiger partial charge in [0, 0.05) is 16.3 Å². The maximum Gasteiger partial charge on any atom is 0.136 e. The van der Waals surface area contributed by atoms with Gasteiger partial charge in [0.2, 0.25) is 0 Å². The zero-order valence-corrected chi connectivity index (χ0v) is 14.5. The fourth-order valence-electron chi connectivity index (χ4n) is 1.63. The number of aliphatic hydroxyl groups excluding tert-OH is 1. The summed E-state index contributed by atoms with van der Waals surface area (Å²) in [4.78, 5) is 1.20. The third kappa shape index (κ3) is 4.67. The summed E-state index contributed by atoms with van der Waals surface area (Å²) >= 11 is 0.546. The molecule has 0 heterocycles. The predicted molar refractivity (Wildman–Crippen MR) is 88.3 cm³/mol. The minimum absolute atomic E-state index is 0.102. The Morgan fingerprint density at radius 1 is 1.20 bits per heavy atom. The van der Waals surface area contributed by atoms with Gasteiger partial charge in [-0.3, -0.25) is 0 Å². The Labute approximate surface area is 129 Å². The molecule has 2 atom stereocenters. The monoisotopic (exact) mass is 315 g/mol. The standard InChI is InChI=1S/C15H25NO2S2/c1-6-19-13-9-7-12(8-10-13)15(5,11-17)16-20(18)14(2,3)4/h7-10,16-17H,6,11H2,1-5H3/t15-,20?/m0/s1. The van der Waals surface area contributed by atoms with Crippen molar-refractivity contribution in [1.29, 1.82) is 0 Å². The molecule has 0 spiro atoms. The Bertz CT molecular complexity index is 417. The highest BCUT2D eigenvalue weighted by molar-refractivity contribution is 7.99. The second-order valence-corrected chi connectivity index (χ2v) is 9.23. The Balaban J connectivity index is 2.92. The van der Waals surface area contributed by atoms with Crippen molar-refractivity contribution in [3.8, 4) is 0 Å². The van der Waals surface area contributed by atoms with Crippen molar-refractivity contribution in [3.63, 3.8) is 0 Å². The number of thioether (sulfide) groups is 1. The molecule has 114 valence electrons. The third-order valence-electron chi connectivity index (χ3n) is 2.99. The van der Waals surface area contributed by atoms with Crippen LogP contribution in [0.15, 0.2) is 29.2 Å². The second-order valence-electron chi connectivity index (χ2n) is 5.93. The van der Waals surface area contributed by atoms with Crippen LogP contribution in [0.1, 0.15) is 40.2 Å². The molecular formula is C15H25NO2S2. The van der Waals surface area contributed by atoms with Crippen molar-refractivity contribution in [3.05, 3.63) is 29.8 Å². The molecule has 3 nitrogen and oxygen atoms in total. The molecule has 2 N–H and O–H groups in total. The van der Waals surface area contributed by atoms with Crippen LogP contribution in [-0.2, 0) is 16.9 Å². The first kappa shape index (κ1) is 17.9. The van der Waals surface area contributed by atoms with E-state index in [9.17, 15) is 9.66 Å². The van der Waals surface area contributed by atoms with Gasteiger partial charge < -0.3 is 9.66 Å². The Kier molecular flexibility index (Phi) is 6.41. The lowest BCUT2D eigenvalue weighted by molar-refractivity contribution is 0.195. The zero-order valence-electron chi connectivity index (χ0n) is 12.9. The van der Waals surface area contributed by atoms with Crippen molar-refractivity contribution in [2.75, 3.05) is 12.4 Å². The maximum atomic E-state index is 12.3. The van der Waals surface area contributed by atoms with Gasteiger partial charge in [-0.15, -0.1) is 16.5 Å². The van der Waals surface area contributed by atoms with Gasteiger partial charge in [-0.1, -0.05) is 19.1 Å². The molecule has 0 saturated heterocycles. The summed E-state index contributed by atoms with van der Waals surface area (Å²) in [6.07, 6.45) is 0. The summed E-state index contributed by atoms with van der Waals surface area (Å²) in [7, 11) is 0. The van der Waals surface area contributed by atoms with Crippen LogP contribution in [0.2, 0.25) is 0 Å². The summed E-state index contributed by atoms with van der Waals surface area (Å²) < 4.78 is 15.0. The molecule has 0 amide bonds. The van der Waals surface area contributed by atoms with Gasteiger partial charge in [0.1, 0.15) is 10.3 Å². The molecule has 0 saturated carbocycles. The lowest BCUT2D eigenvalue weighted by Gasteiger charge is -2.34. The van der Waals surface area contributed by atoms with Crippen LogP contribution in [-0.4, -0.2) is 26.8 Å². The van der Waals surface area contributed by atoms with Crippen LogP contribution in [0, 0.1) is 0 Å². The molecule has 5 heteroatoms. The van der Waals surface area contributed by atoms with E-state index in [0.717, 1.165) is 11.3 Å². The molecule has 0 aliphatic heterocycles. The topological polar surface area (TPSA) is 55.3 Å². The van der Waals surface area contributed by atoms with Crippen molar-refractivity contribution in [2.45, 2.75) is 49.8 Å². The van der Waals surface area contributed by atoms with Crippen LogP contribution in [0.5, 0.6) is 0 Å². The van der Waals surface area contributed by atoms with Crippen molar-refractivity contribution >= 4 is 23.1 Å². The number of hydrogen-bond donors (Lipinski definition) is 2. The molecular weight excluding hydrogens is 290 g/mol. The van der Waals surface area contributed by atoms with Gasteiger partial charge in [0.15, 0.2) is 0 Å². The average Bonchev–Trinajstić information content (AvgIpc) is 2.38. The van der Waals surface area contributed by atoms with E-state index in [2.05, 4.69) is 11.6 Å². The quantitative estimate of drug-likeness (QED) is 0.626. The van der Waals surface area contributed by atoms with Gasteiger partial charge in [0.25, 0.3) is 0 Å². The lowest BCUT2D eigenvalue weighted by Crippen LogP contribution is -2.51. The number of hydrogen-bond acceptors (Lipinski definition) is 4. The highest BCUT2D eigenvalue weighted by Gasteiger charge is 2.36. The first-order valence-corrected chi connectivity index (χ1v) is 8.90. The van der Waals surface area contributed by atoms with Crippen LogP contribution >= 0.6 is 11.8 Å². The first-order chi connectivity index (χ1) is 9.23. The van der Waals surface area contributed by atoms with E-state index in [1.54, 1.807) is 11.8 Å². The van der Waals surface area contributed by atoms with Gasteiger partial charge in [-0.05, 0) is 51.1 Å². The van der Waals surface area contributed by atoms with E-state index >= 15 is 0 Å². The molecule has 0 bridgehead atoms. The van der Waals surface area contributed by atoms with Crippen molar-refractivity contribution in [1.82, 2.24) is 4.72 Å². The molecule has 0 radical (unpaired) electrons. The lowest BCUT2D eigenvalue weighted by atomic mass is 9.94. The van der Waals surface area contributed by atoms with Gasteiger partial charge in [0.05, 0.1) is 6.61 Å². The fraction of sp³-hybridized carbons (Fsp3) is 0.600. The number of aliphatic hydroxyl groups is 1. The molecule has 0 aliphatic rings. The largest absolute Gasteiger partial charge is 0.598 e. The van der Waals surface area contributed by atoms with E-state index in [-0.39, 0.29) is 11.4 Å². The third-order valence-corrected chi connectivity index (χ3v) is 5.64. The smallest absolute Gasteiger partial charge is 0.136 e. The highest BCUT2D eigenvalue weighted by atomic mass is 32.2. The molecule has 0 aromatic heterocycles. The van der Waals surface area contributed by atoms with E-state index in [1.807, 2.05) is 52.0 Å². The zero-order chi connectivity index (χ0) is 15.4. The van der Waals surface area contributed by atoms with Crippen LogP contribution < -0.4 is 4.72 Å². The second kappa shape index (κ2) is 7.18. The number of benzene rings is 1. The van der Waals surface area contributed by atoms with Crippen LogP contribution in [0.4, 0.5) is 0 Å². The Morgan fingerprint density at radius 3 is 2.15 bits per heavy atom. The summed E-state index contributed by atoms with van der Waals surface area (Å²) in [6, 6.07) is 8.06. The molecule has 1 aromatic rings. The molecule has 20 heavy (non-hydrogen) atoms. The van der Waals surface area contributed by atoms with Gasteiger partial charge >= 0.3 is 0 Å². The molecule has 0 fully saturated rings. The van der Waals surface area contributed by atoms with Gasteiger partial charge in [-0.2, -0.15) is 0 Å². The van der Waals surface area contributed by atoms with Crippen LogP contribution in [0.25, 0.3) is 0 Å². The molecule has 1 unspecified atom stereocenters. The first-order valence-electron chi connectivity index (χ1n) is 6.77. The predicted octanol–water partition coefficient (Wildman–Crippen LogP) is 3.06. The molecule has 1 aromatic carbocycles. The van der Waals surface area contributed by atoms with Crippen molar-refractivity contribution < 1.29 is 9.66 Å². The molecule has 0 aliphatic carbocycles.